The molecule has 3 aromatic carbocycles. The Hall–Kier alpha value is -3.10. The molecule has 0 aromatic heterocycles. The van der Waals surface area contributed by atoms with Crippen LogP contribution < -0.4 is 14.4 Å². The summed E-state index contributed by atoms with van der Waals surface area (Å²) >= 11 is 6.06. The molecule has 0 aliphatic heterocycles. The molecule has 3 rings (SSSR count). The van der Waals surface area contributed by atoms with Crippen molar-refractivity contribution in [3.8, 4) is 5.75 Å². The number of carbonyl (C=O) groups is 1. The molecule has 0 bridgehead atoms. The van der Waals surface area contributed by atoms with Crippen LogP contribution in [0.1, 0.15) is 5.56 Å². The average Bonchev–Trinajstić information content (AvgIpc) is 2.78. The van der Waals surface area contributed by atoms with Crippen LogP contribution in [0, 0.1) is 12.7 Å². The van der Waals surface area contributed by atoms with Gasteiger partial charge in [0.25, 0.3) is 10.0 Å². The predicted octanol–water partition coefficient (Wildman–Crippen LogP) is 4.18. The molecule has 1 amide bonds. The number of sulfonamides is 1. The minimum absolute atomic E-state index is 0.0247. The van der Waals surface area contributed by atoms with E-state index in [0.717, 1.165) is 22.0 Å². The molecule has 0 aliphatic carbocycles. The lowest BCUT2D eigenvalue weighted by atomic mass is 10.2. The molecule has 0 saturated carbocycles. The fourth-order valence-electron chi connectivity index (χ4n) is 2.85. The number of halogens is 2. The van der Waals surface area contributed by atoms with Gasteiger partial charge in [0.1, 0.15) is 24.7 Å². The third-order valence-electron chi connectivity index (χ3n) is 4.57. The van der Waals surface area contributed by atoms with Crippen LogP contribution in [0.5, 0.6) is 5.75 Å². The number of amides is 1. The SMILES string of the molecule is Cc1ccc(OCCNC(=O)CN(c2ccc(F)cc2)S(=O)(=O)c2ccccc2)cc1Cl. The predicted molar refractivity (Wildman–Crippen MR) is 122 cm³/mol. The lowest BCUT2D eigenvalue weighted by molar-refractivity contribution is -0.119. The maximum Gasteiger partial charge on any atom is 0.264 e. The van der Waals surface area contributed by atoms with Gasteiger partial charge < -0.3 is 10.1 Å². The summed E-state index contributed by atoms with van der Waals surface area (Å²) in [6.07, 6.45) is 0. The molecule has 0 saturated heterocycles. The first-order valence-electron chi connectivity index (χ1n) is 9.76. The highest BCUT2D eigenvalue weighted by Gasteiger charge is 2.27. The highest BCUT2D eigenvalue weighted by molar-refractivity contribution is 7.92. The summed E-state index contributed by atoms with van der Waals surface area (Å²) in [4.78, 5) is 12.5. The molecule has 0 unspecified atom stereocenters. The monoisotopic (exact) mass is 476 g/mol. The van der Waals surface area contributed by atoms with Gasteiger partial charge in [-0.05, 0) is 61.0 Å². The maximum atomic E-state index is 13.4. The average molecular weight is 477 g/mol. The summed E-state index contributed by atoms with van der Waals surface area (Å²) in [5.74, 6) is -0.475. The highest BCUT2D eigenvalue weighted by Crippen LogP contribution is 2.24. The Bertz CT molecular complexity index is 1170. The number of aryl methyl sites for hydroxylation is 1. The number of ether oxygens (including phenoxy) is 1. The first-order chi connectivity index (χ1) is 15.3. The van der Waals surface area contributed by atoms with E-state index in [2.05, 4.69) is 5.32 Å². The van der Waals surface area contributed by atoms with E-state index < -0.39 is 28.3 Å². The van der Waals surface area contributed by atoms with Crippen molar-refractivity contribution in [1.82, 2.24) is 5.32 Å². The molecule has 0 aliphatic rings. The lowest BCUT2D eigenvalue weighted by Crippen LogP contribution is -2.41. The van der Waals surface area contributed by atoms with Crippen LogP contribution in [0.15, 0.2) is 77.7 Å². The van der Waals surface area contributed by atoms with Crippen molar-refractivity contribution in [3.63, 3.8) is 0 Å². The van der Waals surface area contributed by atoms with Crippen LogP contribution >= 0.6 is 11.6 Å². The van der Waals surface area contributed by atoms with Crippen molar-refractivity contribution in [3.05, 3.63) is 89.2 Å². The van der Waals surface area contributed by atoms with Crippen LogP contribution in [0.2, 0.25) is 5.02 Å². The molecular formula is C23H22ClFN2O4S. The van der Waals surface area contributed by atoms with E-state index in [9.17, 15) is 17.6 Å². The van der Waals surface area contributed by atoms with E-state index >= 15 is 0 Å². The smallest absolute Gasteiger partial charge is 0.264 e. The second-order valence-corrected chi connectivity index (χ2v) is 9.18. The number of nitrogens with zero attached hydrogens (tertiary/aromatic N) is 1. The third-order valence-corrected chi connectivity index (χ3v) is 6.76. The molecule has 168 valence electrons. The molecular weight excluding hydrogens is 455 g/mol. The van der Waals surface area contributed by atoms with E-state index in [4.69, 9.17) is 16.3 Å². The van der Waals surface area contributed by atoms with Gasteiger partial charge in [-0.15, -0.1) is 0 Å². The summed E-state index contributed by atoms with van der Waals surface area (Å²) in [7, 11) is -4.04. The van der Waals surface area contributed by atoms with Gasteiger partial charge in [0.05, 0.1) is 17.1 Å². The van der Waals surface area contributed by atoms with Gasteiger partial charge in [0.15, 0.2) is 0 Å². The van der Waals surface area contributed by atoms with Crippen LogP contribution in [-0.2, 0) is 14.8 Å². The van der Waals surface area contributed by atoms with Gasteiger partial charge in [0.2, 0.25) is 5.91 Å². The van der Waals surface area contributed by atoms with Crippen molar-refractivity contribution in [2.24, 2.45) is 0 Å². The van der Waals surface area contributed by atoms with Crippen LogP contribution in [0.3, 0.4) is 0 Å². The molecule has 0 spiro atoms. The van der Waals surface area contributed by atoms with E-state index in [1.807, 2.05) is 13.0 Å². The van der Waals surface area contributed by atoms with Crippen LogP contribution in [0.4, 0.5) is 10.1 Å². The summed E-state index contributed by atoms with van der Waals surface area (Å²) in [5, 5.41) is 3.21. The van der Waals surface area contributed by atoms with Gasteiger partial charge in [-0.25, -0.2) is 12.8 Å². The summed E-state index contributed by atoms with van der Waals surface area (Å²) in [6.45, 7) is 1.74. The highest BCUT2D eigenvalue weighted by atomic mass is 35.5. The first-order valence-corrected chi connectivity index (χ1v) is 11.6. The minimum Gasteiger partial charge on any atom is -0.492 e. The lowest BCUT2D eigenvalue weighted by Gasteiger charge is -2.24. The second-order valence-electron chi connectivity index (χ2n) is 6.91. The number of rotatable bonds is 9. The fourth-order valence-corrected chi connectivity index (χ4v) is 4.46. The number of hydrogen-bond donors (Lipinski definition) is 1. The van der Waals surface area contributed by atoms with E-state index in [1.54, 1.807) is 30.3 Å². The van der Waals surface area contributed by atoms with Crippen molar-refractivity contribution in [2.45, 2.75) is 11.8 Å². The number of carbonyl (C=O) groups excluding carboxylic acids is 1. The van der Waals surface area contributed by atoms with E-state index in [-0.39, 0.29) is 23.7 Å². The third kappa shape index (κ3) is 5.99. The summed E-state index contributed by atoms with van der Waals surface area (Å²) < 4.78 is 46.1. The Balaban J connectivity index is 1.67. The van der Waals surface area contributed by atoms with Crippen molar-refractivity contribution in [1.29, 1.82) is 0 Å². The zero-order chi connectivity index (χ0) is 23.1. The van der Waals surface area contributed by atoms with Gasteiger partial charge >= 0.3 is 0 Å². The summed E-state index contributed by atoms with van der Waals surface area (Å²) in [6, 6.07) is 17.9. The number of anilines is 1. The largest absolute Gasteiger partial charge is 0.492 e. The molecule has 1 N–H and O–H groups in total. The standard InChI is InChI=1S/C23H22ClFN2O4S/c1-17-7-12-20(15-22(17)24)31-14-13-26-23(28)16-27(19-10-8-18(25)9-11-19)32(29,30)21-5-3-2-4-6-21/h2-12,15H,13-14,16H2,1H3,(H,26,28). The van der Waals surface area contributed by atoms with Crippen LogP contribution in [-0.4, -0.2) is 34.0 Å². The Morgan fingerprint density at radius 2 is 1.75 bits per heavy atom. The quantitative estimate of drug-likeness (QED) is 0.470. The molecule has 0 fully saturated rings. The van der Waals surface area contributed by atoms with Gasteiger partial charge in [0, 0.05) is 5.02 Å². The van der Waals surface area contributed by atoms with Gasteiger partial charge in [-0.3, -0.25) is 9.10 Å². The topological polar surface area (TPSA) is 75.7 Å². The van der Waals surface area contributed by atoms with E-state index in [0.29, 0.717) is 10.8 Å². The molecule has 0 heterocycles. The van der Waals surface area contributed by atoms with Crippen molar-refractivity contribution < 1.29 is 22.3 Å². The first kappa shape index (κ1) is 23.6. The molecule has 6 nitrogen and oxygen atoms in total. The summed E-state index contributed by atoms with van der Waals surface area (Å²) in [5.41, 5.74) is 1.10. The zero-order valence-electron chi connectivity index (χ0n) is 17.3. The Morgan fingerprint density at radius 3 is 2.41 bits per heavy atom. The molecule has 0 atom stereocenters. The number of nitrogens with one attached hydrogen (secondary N) is 1. The molecule has 0 radical (unpaired) electrons. The number of benzene rings is 3. The van der Waals surface area contributed by atoms with Crippen LogP contribution in [0.25, 0.3) is 0 Å². The maximum absolute atomic E-state index is 13.4. The Kier molecular flexibility index (Phi) is 7.71. The van der Waals surface area contributed by atoms with Crippen molar-refractivity contribution >= 4 is 33.2 Å². The molecule has 32 heavy (non-hydrogen) atoms. The molecule has 3 aromatic rings. The second kappa shape index (κ2) is 10.5. The van der Waals surface area contributed by atoms with Crippen molar-refractivity contribution in [2.75, 3.05) is 24.0 Å². The Morgan fingerprint density at radius 1 is 1.06 bits per heavy atom. The normalized spacial score (nSPS) is 11.1. The zero-order valence-corrected chi connectivity index (χ0v) is 18.9. The fraction of sp³-hybridized carbons (Fsp3) is 0.174. The number of hydrogen-bond acceptors (Lipinski definition) is 4. The Labute approximate surface area is 191 Å². The minimum atomic E-state index is -4.04. The van der Waals surface area contributed by atoms with Gasteiger partial charge in [-0.2, -0.15) is 0 Å². The van der Waals surface area contributed by atoms with E-state index in [1.165, 1.54) is 24.3 Å². The molecule has 9 heteroatoms. The van der Waals surface area contributed by atoms with Gasteiger partial charge in [-0.1, -0.05) is 35.9 Å².